The number of benzene rings is 2. The fourth-order valence-corrected chi connectivity index (χ4v) is 2.55. The van der Waals surface area contributed by atoms with Crippen molar-refractivity contribution in [1.82, 2.24) is 9.97 Å². The van der Waals surface area contributed by atoms with E-state index >= 15 is 0 Å². The van der Waals surface area contributed by atoms with Gasteiger partial charge in [-0.15, -0.1) is 0 Å². The molecule has 0 saturated heterocycles. The van der Waals surface area contributed by atoms with Crippen LogP contribution in [-0.2, 0) is 6.18 Å². The molecule has 0 atom stereocenters. The quantitative estimate of drug-likeness (QED) is 0.686. The van der Waals surface area contributed by atoms with Crippen LogP contribution in [0.1, 0.15) is 11.4 Å². The van der Waals surface area contributed by atoms with Crippen molar-refractivity contribution < 1.29 is 13.2 Å². The molecule has 26 heavy (non-hydrogen) atoms. The number of hydrogen-bond acceptors (Lipinski definition) is 4. The molecule has 2 aromatic carbocycles. The monoisotopic (exact) mass is 358 g/mol. The predicted molar refractivity (Wildman–Crippen MR) is 96.0 cm³/mol. The zero-order valence-corrected chi connectivity index (χ0v) is 14.2. The number of rotatable bonds is 4. The van der Waals surface area contributed by atoms with E-state index in [1.165, 1.54) is 12.1 Å². The number of anilines is 4. The molecule has 0 unspecified atom stereocenters. The number of halogens is 3. The molecule has 0 spiro atoms. The minimum atomic E-state index is -4.45. The predicted octanol–water partition coefficient (Wildman–Crippen LogP) is 5.32. The molecule has 0 saturated carbocycles. The number of aryl methyl sites for hydroxylation is 1. The second-order valence-electron chi connectivity index (χ2n) is 5.72. The molecule has 1 heterocycles. The van der Waals surface area contributed by atoms with Crippen molar-refractivity contribution in [2.24, 2.45) is 0 Å². The van der Waals surface area contributed by atoms with E-state index in [-0.39, 0.29) is 5.69 Å². The van der Waals surface area contributed by atoms with E-state index in [0.29, 0.717) is 17.5 Å². The van der Waals surface area contributed by atoms with Crippen LogP contribution in [0.25, 0.3) is 0 Å². The van der Waals surface area contributed by atoms with Crippen LogP contribution in [0, 0.1) is 6.92 Å². The number of hydrogen-bond donors (Lipinski definition) is 1. The normalized spacial score (nSPS) is 11.3. The Balaban J connectivity index is 1.95. The molecule has 1 N–H and O–H groups in total. The lowest BCUT2D eigenvalue weighted by atomic mass is 10.1. The summed E-state index contributed by atoms with van der Waals surface area (Å²) in [5.41, 5.74) is 0.118. The van der Waals surface area contributed by atoms with Crippen molar-refractivity contribution in [3.05, 3.63) is 72.1 Å². The van der Waals surface area contributed by atoms with Gasteiger partial charge in [-0.2, -0.15) is 13.2 Å². The Labute approximate surface area is 149 Å². The fraction of sp³-hybridized carbons (Fsp3) is 0.158. The van der Waals surface area contributed by atoms with Gasteiger partial charge in [-0.25, -0.2) is 9.97 Å². The first kappa shape index (κ1) is 17.7. The second-order valence-corrected chi connectivity index (χ2v) is 5.72. The lowest BCUT2D eigenvalue weighted by molar-refractivity contribution is -0.136. The second kappa shape index (κ2) is 7.03. The van der Waals surface area contributed by atoms with Gasteiger partial charge in [0.1, 0.15) is 17.5 Å². The molecule has 0 amide bonds. The summed E-state index contributed by atoms with van der Waals surface area (Å²) >= 11 is 0. The van der Waals surface area contributed by atoms with Gasteiger partial charge >= 0.3 is 6.18 Å². The summed E-state index contributed by atoms with van der Waals surface area (Å²) in [6.45, 7) is 1.70. The minimum absolute atomic E-state index is 0.0496. The third-order valence-electron chi connectivity index (χ3n) is 3.81. The highest BCUT2D eigenvalue weighted by Gasteiger charge is 2.33. The topological polar surface area (TPSA) is 41.1 Å². The fourth-order valence-electron chi connectivity index (χ4n) is 2.55. The molecule has 0 aliphatic carbocycles. The van der Waals surface area contributed by atoms with Gasteiger partial charge in [-0.05, 0) is 31.2 Å². The Morgan fingerprint density at radius 2 is 1.58 bits per heavy atom. The van der Waals surface area contributed by atoms with Gasteiger partial charge < -0.3 is 10.2 Å². The number of nitrogens with zero attached hydrogens (tertiary/aromatic N) is 3. The third kappa shape index (κ3) is 3.93. The van der Waals surface area contributed by atoms with E-state index in [0.717, 1.165) is 11.8 Å². The molecule has 0 aliphatic heterocycles. The van der Waals surface area contributed by atoms with Crippen LogP contribution in [0.5, 0.6) is 0 Å². The highest BCUT2D eigenvalue weighted by molar-refractivity contribution is 5.66. The molecule has 0 fully saturated rings. The Morgan fingerprint density at radius 1 is 0.923 bits per heavy atom. The Bertz CT molecular complexity index is 895. The summed E-state index contributed by atoms with van der Waals surface area (Å²) in [5, 5.41) is 2.77. The lowest BCUT2D eigenvalue weighted by Gasteiger charge is -2.20. The van der Waals surface area contributed by atoms with E-state index in [2.05, 4.69) is 15.3 Å². The molecule has 0 radical (unpaired) electrons. The molecular formula is C19H17F3N4. The molecule has 3 aromatic rings. The largest absolute Gasteiger partial charge is 0.418 e. The van der Waals surface area contributed by atoms with E-state index in [1.807, 2.05) is 42.3 Å². The van der Waals surface area contributed by atoms with Crippen molar-refractivity contribution in [3.63, 3.8) is 0 Å². The van der Waals surface area contributed by atoms with Gasteiger partial charge in [0.15, 0.2) is 0 Å². The molecule has 134 valence electrons. The summed E-state index contributed by atoms with van der Waals surface area (Å²) in [5.74, 6) is 1.33. The van der Waals surface area contributed by atoms with Gasteiger partial charge in [0, 0.05) is 18.8 Å². The van der Waals surface area contributed by atoms with Gasteiger partial charge in [-0.3, -0.25) is 0 Å². The maximum Gasteiger partial charge on any atom is 0.418 e. The van der Waals surface area contributed by atoms with E-state index in [9.17, 15) is 13.2 Å². The first-order valence-electron chi connectivity index (χ1n) is 7.92. The van der Waals surface area contributed by atoms with Gasteiger partial charge in [0.2, 0.25) is 0 Å². The summed E-state index contributed by atoms with van der Waals surface area (Å²) in [4.78, 5) is 10.4. The van der Waals surface area contributed by atoms with Crippen molar-refractivity contribution in [3.8, 4) is 0 Å². The van der Waals surface area contributed by atoms with E-state index < -0.39 is 11.7 Å². The molecule has 0 aliphatic rings. The van der Waals surface area contributed by atoms with Crippen LogP contribution >= 0.6 is 0 Å². The van der Waals surface area contributed by atoms with E-state index in [4.69, 9.17) is 0 Å². The lowest BCUT2D eigenvalue weighted by Crippen LogP contribution is -2.13. The number of alkyl halides is 3. The highest BCUT2D eigenvalue weighted by atomic mass is 19.4. The molecule has 3 rings (SSSR count). The summed E-state index contributed by atoms with van der Waals surface area (Å²) in [6, 6.07) is 16.5. The molecule has 1 aromatic heterocycles. The standard InChI is InChI=1S/C19H17F3N4/c1-13-23-17(25-16-11-7-6-10-15(16)19(20,21)22)12-18(24-13)26(2)14-8-4-3-5-9-14/h3-12H,1-2H3,(H,23,24,25). The van der Waals surface area contributed by atoms with Gasteiger partial charge in [0.05, 0.1) is 11.3 Å². The van der Waals surface area contributed by atoms with Gasteiger partial charge in [0.25, 0.3) is 0 Å². The van der Waals surface area contributed by atoms with Gasteiger partial charge in [-0.1, -0.05) is 30.3 Å². The average molecular weight is 358 g/mol. The smallest absolute Gasteiger partial charge is 0.340 e. The number of aromatic nitrogens is 2. The van der Waals surface area contributed by atoms with Crippen molar-refractivity contribution >= 4 is 23.0 Å². The van der Waals surface area contributed by atoms with Crippen molar-refractivity contribution in [1.29, 1.82) is 0 Å². The number of nitrogens with one attached hydrogen (secondary N) is 1. The van der Waals surface area contributed by atoms with Crippen LogP contribution in [0.2, 0.25) is 0 Å². The molecular weight excluding hydrogens is 341 g/mol. The van der Waals surface area contributed by atoms with Crippen molar-refractivity contribution in [2.45, 2.75) is 13.1 Å². The Kier molecular flexibility index (Phi) is 4.79. The highest BCUT2D eigenvalue weighted by Crippen LogP contribution is 2.36. The minimum Gasteiger partial charge on any atom is -0.340 e. The van der Waals surface area contributed by atoms with Crippen LogP contribution in [0.3, 0.4) is 0 Å². The zero-order valence-electron chi connectivity index (χ0n) is 14.2. The average Bonchev–Trinajstić information content (AvgIpc) is 2.61. The Morgan fingerprint density at radius 3 is 2.27 bits per heavy atom. The van der Waals surface area contributed by atoms with Crippen LogP contribution in [-0.4, -0.2) is 17.0 Å². The SMILES string of the molecule is Cc1nc(Nc2ccccc2C(F)(F)F)cc(N(C)c2ccccc2)n1. The summed E-state index contributed by atoms with van der Waals surface area (Å²) in [7, 11) is 1.84. The van der Waals surface area contributed by atoms with Crippen molar-refractivity contribution in [2.75, 3.05) is 17.3 Å². The first-order chi connectivity index (χ1) is 12.3. The third-order valence-corrected chi connectivity index (χ3v) is 3.81. The zero-order chi connectivity index (χ0) is 18.7. The Hall–Kier alpha value is -3.09. The summed E-state index contributed by atoms with van der Waals surface area (Å²) < 4.78 is 39.5. The maximum absolute atomic E-state index is 13.2. The van der Waals surface area contributed by atoms with E-state index in [1.54, 1.807) is 19.1 Å². The molecule has 0 bridgehead atoms. The molecule has 4 nitrogen and oxygen atoms in total. The summed E-state index contributed by atoms with van der Waals surface area (Å²) in [6.07, 6.45) is -4.45. The van der Waals surface area contributed by atoms with Crippen LogP contribution in [0.15, 0.2) is 60.7 Å². The number of para-hydroxylation sites is 2. The van der Waals surface area contributed by atoms with Crippen LogP contribution < -0.4 is 10.2 Å². The first-order valence-corrected chi connectivity index (χ1v) is 7.92. The maximum atomic E-state index is 13.2. The van der Waals surface area contributed by atoms with Crippen LogP contribution in [0.4, 0.5) is 36.2 Å². The molecule has 7 heteroatoms.